The standard InChI is InChI=1S/C18H19N5O2/c24-17(14-2-1-9-25-14)23-8-7-22(10-18(11-23)4-5-18)16-13-3-6-19-15(13)20-12-21-16/h1-3,6,9,12H,4-5,7-8,10-11H2,(H,19,20,21). The summed E-state index contributed by atoms with van der Waals surface area (Å²) in [7, 11) is 0. The van der Waals surface area contributed by atoms with Crippen LogP contribution < -0.4 is 4.90 Å². The molecule has 1 aliphatic heterocycles. The Morgan fingerprint density at radius 1 is 1.20 bits per heavy atom. The van der Waals surface area contributed by atoms with E-state index < -0.39 is 0 Å². The Kier molecular flexibility index (Phi) is 3.10. The molecular weight excluding hydrogens is 318 g/mol. The Bertz CT molecular complexity index is 913. The molecule has 1 saturated carbocycles. The molecule has 1 spiro atoms. The number of nitrogens with one attached hydrogen (secondary N) is 1. The summed E-state index contributed by atoms with van der Waals surface area (Å²) in [6, 6.07) is 5.51. The topological polar surface area (TPSA) is 78.3 Å². The van der Waals surface area contributed by atoms with Gasteiger partial charge in [-0.25, -0.2) is 9.97 Å². The summed E-state index contributed by atoms with van der Waals surface area (Å²) in [5.74, 6) is 1.34. The van der Waals surface area contributed by atoms with Crippen LogP contribution in [0.3, 0.4) is 0 Å². The van der Waals surface area contributed by atoms with Crippen LogP contribution in [0.25, 0.3) is 11.0 Å². The molecule has 0 radical (unpaired) electrons. The first-order chi connectivity index (χ1) is 12.2. The number of fused-ring (bicyclic) bond motifs is 1. The molecule has 0 atom stereocenters. The Balaban J connectivity index is 1.45. The Labute approximate surface area is 144 Å². The second-order valence-electron chi connectivity index (χ2n) is 7.06. The third-order valence-electron chi connectivity index (χ3n) is 5.30. The average Bonchev–Trinajstić information content (AvgIpc) is 3.03. The van der Waals surface area contributed by atoms with Gasteiger partial charge in [0.05, 0.1) is 11.6 Å². The van der Waals surface area contributed by atoms with Crippen molar-refractivity contribution in [2.75, 3.05) is 31.1 Å². The number of nitrogens with zero attached hydrogens (tertiary/aromatic N) is 4. The van der Waals surface area contributed by atoms with Crippen molar-refractivity contribution in [3.05, 3.63) is 42.7 Å². The van der Waals surface area contributed by atoms with Crippen molar-refractivity contribution in [1.29, 1.82) is 0 Å². The molecule has 0 aromatic carbocycles. The van der Waals surface area contributed by atoms with Gasteiger partial charge in [-0.15, -0.1) is 0 Å². The van der Waals surface area contributed by atoms with Crippen molar-refractivity contribution < 1.29 is 9.21 Å². The van der Waals surface area contributed by atoms with Crippen molar-refractivity contribution in [3.8, 4) is 0 Å². The van der Waals surface area contributed by atoms with Gasteiger partial charge in [-0.1, -0.05) is 0 Å². The molecular formula is C18H19N5O2. The predicted molar refractivity (Wildman–Crippen MR) is 92.4 cm³/mol. The first-order valence-electron chi connectivity index (χ1n) is 8.60. The van der Waals surface area contributed by atoms with Gasteiger partial charge < -0.3 is 19.2 Å². The van der Waals surface area contributed by atoms with E-state index >= 15 is 0 Å². The molecule has 5 rings (SSSR count). The average molecular weight is 337 g/mol. The number of aromatic amines is 1. The minimum Gasteiger partial charge on any atom is -0.459 e. The van der Waals surface area contributed by atoms with Gasteiger partial charge in [0.15, 0.2) is 5.76 Å². The molecule has 25 heavy (non-hydrogen) atoms. The second-order valence-corrected chi connectivity index (χ2v) is 7.06. The van der Waals surface area contributed by atoms with E-state index in [1.807, 2.05) is 17.2 Å². The highest BCUT2D eigenvalue weighted by Crippen LogP contribution is 2.48. The molecule has 7 nitrogen and oxygen atoms in total. The highest BCUT2D eigenvalue weighted by molar-refractivity contribution is 5.92. The van der Waals surface area contributed by atoms with Gasteiger partial charge in [0.25, 0.3) is 5.91 Å². The zero-order chi connectivity index (χ0) is 16.9. The molecule has 1 aliphatic carbocycles. The second kappa shape index (κ2) is 5.34. The van der Waals surface area contributed by atoms with E-state index in [1.165, 1.54) is 0 Å². The van der Waals surface area contributed by atoms with Crippen LogP contribution in [0.15, 0.2) is 41.4 Å². The van der Waals surface area contributed by atoms with E-state index in [0.717, 1.165) is 49.3 Å². The molecule has 1 amide bonds. The fraction of sp³-hybridized carbons (Fsp3) is 0.389. The van der Waals surface area contributed by atoms with Gasteiger partial charge in [-0.3, -0.25) is 4.79 Å². The summed E-state index contributed by atoms with van der Waals surface area (Å²) in [4.78, 5) is 28.9. The quantitative estimate of drug-likeness (QED) is 0.776. The van der Waals surface area contributed by atoms with Crippen LogP contribution in [0, 0.1) is 5.41 Å². The molecule has 3 aromatic heterocycles. The lowest BCUT2D eigenvalue weighted by molar-refractivity contribution is 0.0709. The maximum absolute atomic E-state index is 12.7. The largest absolute Gasteiger partial charge is 0.459 e. The zero-order valence-electron chi connectivity index (χ0n) is 13.8. The number of aromatic nitrogens is 3. The minimum atomic E-state index is -0.0207. The number of furan rings is 1. The Hall–Kier alpha value is -2.83. The molecule has 128 valence electrons. The first kappa shape index (κ1) is 14.5. The van der Waals surface area contributed by atoms with Gasteiger partial charge >= 0.3 is 0 Å². The third-order valence-corrected chi connectivity index (χ3v) is 5.30. The monoisotopic (exact) mass is 337 g/mol. The number of carbonyl (C=O) groups excluding carboxylic acids is 1. The van der Waals surface area contributed by atoms with Crippen LogP contribution in [0.4, 0.5) is 5.82 Å². The number of hydrogen-bond acceptors (Lipinski definition) is 5. The van der Waals surface area contributed by atoms with Crippen LogP contribution in [0.1, 0.15) is 23.4 Å². The van der Waals surface area contributed by atoms with Gasteiger partial charge in [0.2, 0.25) is 0 Å². The van der Waals surface area contributed by atoms with E-state index in [1.54, 1.807) is 24.7 Å². The van der Waals surface area contributed by atoms with E-state index in [-0.39, 0.29) is 11.3 Å². The molecule has 7 heteroatoms. The summed E-state index contributed by atoms with van der Waals surface area (Å²) >= 11 is 0. The molecule has 2 fully saturated rings. The normalized spacial score (nSPS) is 19.4. The van der Waals surface area contributed by atoms with Crippen molar-refractivity contribution in [3.63, 3.8) is 0 Å². The van der Waals surface area contributed by atoms with Crippen LogP contribution >= 0.6 is 0 Å². The molecule has 4 heterocycles. The van der Waals surface area contributed by atoms with Gasteiger partial charge in [-0.2, -0.15) is 0 Å². The molecule has 1 saturated heterocycles. The molecule has 2 aliphatic rings. The lowest BCUT2D eigenvalue weighted by atomic mass is 10.1. The summed E-state index contributed by atoms with van der Waals surface area (Å²) in [5.41, 5.74) is 1.02. The summed E-state index contributed by atoms with van der Waals surface area (Å²) in [6.07, 6.45) is 7.33. The van der Waals surface area contributed by atoms with E-state index in [2.05, 4.69) is 19.9 Å². The first-order valence-corrected chi connectivity index (χ1v) is 8.60. The highest BCUT2D eigenvalue weighted by atomic mass is 16.3. The lowest BCUT2D eigenvalue weighted by Gasteiger charge is -2.25. The van der Waals surface area contributed by atoms with Gasteiger partial charge in [0, 0.05) is 37.8 Å². The number of amides is 1. The maximum atomic E-state index is 12.7. The van der Waals surface area contributed by atoms with Crippen LogP contribution in [0.5, 0.6) is 0 Å². The van der Waals surface area contributed by atoms with Crippen molar-refractivity contribution >= 4 is 22.8 Å². The number of hydrogen-bond donors (Lipinski definition) is 1. The van der Waals surface area contributed by atoms with Gasteiger partial charge in [-0.05, 0) is 31.0 Å². The molecule has 3 aromatic rings. The third kappa shape index (κ3) is 2.47. The van der Waals surface area contributed by atoms with Crippen molar-refractivity contribution in [2.24, 2.45) is 5.41 Å². The van der Waals surface area contributed by atoms with Crippen molar-refractivity contribution in [1.82, 2.24) is 19.9 Å². The number of rotatable bonds is 2. The van der Waals surface area contributed by atoms with E-state index in [9.17, 15) is 4.79 Å². The highest BCUT2D eigenvalue weighted by Gasteiger charge is 2.48. The Morgan fingerprint density at radius 3 is 2.92 bits per heavy atom. The number of H-pyrrole nitrogens is 1. The predicted octanol–water partition coefficient (Wildman–Crippen LogP) is 2.29. The Morgan fingerprint density at radius 2 is 2.12 bits per heavy atom. The lowest BCUT2D eigenvalue weighted by Crippen LogP contribution is -2.36. The maximum Gasteiger partial charge on any atom is 0.289 e. The summed E-state index contributed by atoms with van der Waals surface area (Å²) in [6.45, 7) is 3.12. The van der Waals surface area contributed by atoms with E-state index in [4.69, 9.17) is 4.42 Å². The summed E-state index contributed by atoms with van der Waals surface area (Å²) < 4.78 is 5.31. The molecule has 1 N–H and O–H groups in total. The number of anilines is 1. The number of carbonyl (C=O) groups is 1. The van der Waals surface area contributed by atoms with E-state index in [0.29, 0.717) is 12.3 Å². The van der Waals surface area contributed by atoms with Crippen LogP contribution in [-0.4, -0.2) is 51.9 Å². The summed E-state index contributed by atoms with van der Waals surface area (Å²) in [5, 5.41) is 1.03. The minimum absolute atomic E-state index is 0.0207. The van der Waals surface area contributed by atoms with Crippen molar-refractivity contribution in [2.45, 2.75) is 12.8 Å². The van der Waals surface area contributed by atoms with Gasteiger partial charge in [0.1, 0.15) is 17.8 Å². The van der Waals surface area contributed by atoms with Crippen LogP contribution in [-0.2, 0) is 0 Å². The van der Waals surface area contributed by atoms with Crippen LogP contribution in [0.2, 0.25) is 0 Å². The smallest absolute Gasteiger partial charge is 0.289 e. The SMILES string of the molecule is O=C(c1ccco1)N1CCN(c2ncnc3[nH]ccc23)CC2(CC2)C1. The fourth-order valence-corrected chi connectivity index (χ4v) is 3.77. The zero-order valence-corrected chi connectivity index (χ0v) is 13.8. The molecule has 0 bridgehead atoms. The molecule has 0 unspecified atom stereocenters. The fourth-order valence-electron chi connectivity index (χ4n) is 3.77.